The molecule has 0 radical (unpaired) electrons. The molecule has 0 heterocycles. The second-order valence-electron chi connectivity index (χ2n) is 8.45. The van der Waals surface area contributed by atoms with E-state index in [0.717, 1.165) is 22.0 Å². The third-order valence-corrected chi connectivity index (χ3v) is 6.38. The van der Waals surface area contributed by atoms with Gasteiger partial charge in [0.25, 0.3) is 0 Å². The van der Waals surface area contributed by atoms with E-state index in [-0.39, 0.29) is 11.9 Å². The van der Waals surface area contributed by atoms with Gasteiger partial charge in [0.05, 0.1) is 18.5 Å². The second kappa shape index (κ2) is 12.4. The summed E-state index contributed by atoms with van der Waals surface area (Å²) in [7, 11) is 0. The fraction of sp³-hybridized carbons (Fsp3) is 0.321. The maximum atomic E-state index is 10.8. The number of thioether (sulfide) groups is 1. The lowest BCUT2D eigenvalue weighted by atomic mass is 10.0. The molecule has 0 unspecified atom stereocenters. The second-order valence-corrected chi connectivity index (χ2v) is 9.47. The topological polar surface area (TPSA) is 65.0 Å². The van der Waals surface area contributed by atoms with E-state index in [4.69, 9.17) is 19.3 Å². The van der Waals surface area contributed by atoms with Gasteiger partial charge in [0, 0.05) is 11.3 Å². The van der Waals surface area contributed by atoms with Gasteiger partial charge in [-0.25, -0.2) is 0 Å². The Labute approximate surface area is 206 Å². The molecular formula is C28H32O5S. The molecule has 34 heavy (non-hydrogen) atoms. The van der Waals surface area contributed by atoms with Crippen LogP contribution in [0.5, 0.6) is 23.0 Å². The van der Waals surface area contributed by atoms with Crippen LogP contribution in [-0.4, -0.2) is 29.5 Å². The van der Waals surface area contributed by atoms with Crippen LogP contribution in [-0.2, 0) is 4.79 Å². The largest absolute Gasteiger partial charge is 0.493 e. The van der Waals surface area contributed by atoms with Crippen molar-refractivity contribution in [2.24, 2.45) is 0 Å². The molecule has 3 rings (SSSR count). The van der Waals surface area contributed by atoms with E-state index in [2.05, 4.69) is 19.9 Å². The molecule has 1 N–H and O–H groups in total. The number of rotatable bonds is 12. The highest BCUT2D eigenvalue weighted by molar-refractivity contribution is 8.00. The number of ether oxygens (including phenoxy) is 3. The first-order valence-electron chi connectivity index (χ1n) is 11.4. The van der Waals surface area contributed by atoms with Crippen LogP contribution >= 0.6 is 11.8 Å². The number of hydrogen-bond acceptors (Lipinski definition) is 5. The SMILES string of the molecule is Cc1cc(OCC[C@H](C)Oc2ccc(C(C)C)cc2Oc2ccccc2)ccc1SCC(=O)O. The van der Waals surface area contributed by atoms with Crippen LogP contribution in [0.4, 0.5) is 0 Å². The standard InChI is InChI=1S/C28H32O5S/c1-19(2)22-10-12-25(26(17-22)33-23-8-6-5-7-9-23)32-21(4)14-15-31-24-11-13-27(20(3)16-24)34-18-28(29)30/h5-13,16-17,19,21H,14-15,18H2,1-4H3,(H,29,30)/t21-/m0/s1. The minimum Gasteiger partial charge on any atom is -0.493 e. The number of para-hydroxylation sites is 1. The van der Waals surface area contributed by atoms with Gasteiger partial charge < -0.3 is 19.3 Å². The first-order valence-corrected chi connectivity index (χ1v) is 12.4. The van der Waals surface area contributed by atoms with Gasteiger partial charge in [-0.2, -0.15) is 0 Å². The van der Waals surface area contributed by atoms with Crippen LogP contribution in [0.1, 0.15) is 44.2 Å². The van der Waals surface area contributed by atoms with Crippen molar-refractivity contribution in [1.29, 1.82) is 0 Å². The highest BCUT2D eigenvalue weighted by atomic mass is 32.2. The van der Waals surface area contributed by atoms with E-state index in [0.29, 0.717) is 30.4 Å². The molecule has 6 heteroatoms. The minimum atomic E-state index is -0.824. The Balaban J connectivity index is 1.58. The monoisotopic (exact) mass is 480 g/mol. The molecule has 0 spiro atoms. The summed E-state index contributed by atoms with van der Waals surface area (Å²) in [4.78, 5) is 11.7. The third kappa shape index (κ3) is 7.73. The van der Waals surface area contributed by atoms with Gasteiger partial charge >= 0.3 is 5.97 Å². The van der Waals surface area contributed by atoms with Crippen molar-refractivity contribution in [3.63, 3.8) is 0 Å². The van der Waals surface area contributed by atoms with E-state index in [9.17, 15) is 4.79 Å². The van der Waals surface area contributed by atoms with Crippen molar-refractivity contribution in [3.8, 4) is 23.0 Å². The molecule has 3 aromatic carbocycles. The molecule has 0 saturated carbocycles. The molecule has 0 fully saturated rings. The third-order valence-electron chi connectivity index (χ3n) is 5.22. The first-order chi connectivity index (χ1) is 16.3. The summed E-state index contributed by atoms with van der Waals surface area (Å²) >= 11 is 1.31. The predicted octanol–water partition coefficient (Wildman–Crippen LogP) is 7.32. The predicted molar refractivity (Wildman–Crippen MR) is 137 cm³/mol. The number of aryl methyl sites for hydroxylation is 1. The Hall–Kier alpha value is -3.12. The van der Waals surface area contributed by atoms with Gasteiger partial charge in [-0.15, -0.1) is 11.8 Å². The van der Waals surface area contributed by atoms with Crippen molar-refractivity contribution in [2.75, 3.05) is 12.4 Å². The van der Waals surface area contributed by atoms with Gasteiger partial charge in [-0.3, -0.25) is 4.79 Å². The van der Waals surface area contributed by atoms with E-state index < -0.39 is 5.97 Å². The van der Waals surface area contributed by atoms with Gasteiger partial charge in [-0.05, 0) is 73.4 Å². The molecule has 0 amide bonds. The lowest BCUT2D eigenvalue weighted by Gasteiger charge is -2.19. The lowest BCUT2D eigenvalue weighted by molar-refractivity contribution is -0.133. The Kier molecular flexibility index (Phi) is 9.28. The normalized spacial score (nSPS) is 11.8. The summed E-state index contributed by atoms with van der Waals surface area (Å²) in [6, 6.07) is 21.5. The van der Waals surface area contributed by atoms with Crippen molar-refractivity contribution in [3.05, 3.63) is 77.9 Å². The van der Waals surface area contributed by atoms with Crippen LogP contribution in [0.3, 0.4) is 0 Å². The summed E-state index contributed by atoms with van der Waals surface area (Å²) in [5, 5.41) is 8.86. The summed E-state index contributed by atoms with van der Waals surface area (Å²) in [5.41, 5.74) is 2.19. The van der Waals surface area contributed by atoms with Gasteiger partial charge in [0.15, 0.2) is 11.5 Å². The number of hydrogen-bond donors (Lipinski definition) is 1. The fourth-order valence-electron chi connectivity index (χ4n) is 3.31. The molecule has 0 aromatic heterocycles. The molecule has 1 atom stereocenters. The smallest absolute Gasteiger partial charge is 0.313 e. The Morgan fingerprint density at radius 3 is 2.38 bits per heavy atom. The molecule has 0 saturated heterocycles. The number of carbonyl (C=O) groups is 1. The molecule has 180 valence electrons. The highest BCUT2D eigenvalue weighted by Gasteiger charge is 2.14. The van der Waals surface area contributed by atoms with E-state index in [1.807, 2.05) is 74.5 Å². The number of carboxylic acid groups (broad SMARTS) is 1. The van der Waals surface area contributed by atoms with Crippen molar-refractivity contribution < 1.29 is 24.1 Å². The zero-order chi connectivity index (χ0) is 24.5. The lowest BCUT2D eigenvalue weighted by Crippen LogP contribution is -2.16. The van der Waals surface area contributed by atoms with Crippen molar-refractivity contribution in [2.45, 2.75) is 51.0 Å². The minimum absolute atomic E-state index is 0.0457. The molecule has 0 aliphatic carbocycles. The Morgan fingerprint density at radius 1 is 0.941 bits per heavy atom. The molecule has 0 aliphatic rings. The van der Waals surface area contributed by atoms with Crippen LogP contribution in [0, 0.1) is 6.92 Å². The van der Waals surface area contributed by atoms with Crippen LogP contribution < -0.4 is 14.2 Å². The fourth-order valence-corrected chi connectivity index (χ4v) is 4.04. The average Bonchev–Trinajstić information content (AvgIpc) is 2.80. The summed E-state index contributed by atoms with van der Waals surface area (Å²) in [6.45, 7) is 8.78. The van der Waals surface area contributed by atoms with E-state index in [1.165, 1.54) is 17.3 Å². The summed E-state index contributed by atoms with van der Waals surface area (Å²) < 4.78 is 18.3. The Morgan fingerprint density at radius 2 is 1.71 bits per heavy atom. The summed E-state index contributed by atoms with van der Waals surface area (Å²) in [5.74, 6) is 2.55. The average molecular weight is 481 g/mol. The van der Waals surface area contributed by atoms with Crippen molar-refractivity contribution in [1.82, 2.24) is 0 Å². The zero-order valence-corrected chi connectivity index (χ0v) is 20.9. The highest BCUT2D eigenvalue weighted by Crippen LogP contribution is 2.35. The van der Waals surface area contributed by atoms with Gasteiger partial charge in [0.2, 0.25) is 0 Å². The molecule has 0 bridgehead atoms. The first kappa shape index (κ1) is 25.5. The van der Waals surface area contributed by atoms with Crippen LogP contribution in [0.25, 0.3) is 0 Å². The zero-order valence-electron chi connectivity index (χ0n) is 20.1. The van der Waals surface area contributed by atoms with E-state index >= 15 is 0 Å². The Bertz CT molecular complexity index is 1080. The van der Waals surface area contributed by atoms with E-state index in [1.54, 1.807) is 0 Å². The molecule has 0 aliphatic heterocycles. The maximum Gasteiger partial charge on any atom is 0.313 e. The van der Waals surface area contributed by atoms with Crippen LogP contribution in [0.2, 0.25) is 0 Å². The van der Waals surface area contributed by atoms with Crippen LogP contribution in [0.15, 0.2) is 71.6 Å². The molecular weight excluding hydrogens is 448 g/mol. The number of aliphatic carboxylic acids is 1. The number of carboxylic acids is 1. The summed E-state index contributed by atoms with van der Waals surface area (Å²) in [6.07, 6.45) is 0.625. The number of benzene rings is 3. The maximum absolute atomic E-state index is 10.8. The molecule has 5 nitrogen and oxygen atoms in total. The van der Waals surface area contributed by atoms with Crippen molar-refractivity contribution >= 4 is 17.7 Å². The quantitative estimate of drug-likeness (QED) is 0.274. The molecule has 3 aromatic rings. The van der Waals surface area contributed by atoms with Gasteiger partial charge in [-0.1, -0.05) is 38.1 Å². The van der Waals surface area contributed by atoms with Gasteiger partial charge in [0.1, 0.15) is 11.5 Å².